The van der Waals surface area contributed by atoms with E-state index in [0.717, 1.165) is 0 Å². The second-order valence-electron chi connectivity index (χ2n) is 5.42. The van der Waals surface area contributed by atoms with Crippen molar-refractivity contribution in [2.24, 2.45) is 0 Å². The van der Waals surface area contributed by atoms with Crippen molar-refractivity contribution in [3.63, 3.8) is 0 Å². The fourth-order valence-electron chi connectivity index (χ4n) is 2.50. The molecule has 2 aromatic heterocycles. The molecular formula is C16H19N3O4. The highest BCUT2D eigenvalue weighted by atomic mass is 16.4. The zero-order valence-electron chi connectivity index (χ0n) is 13.1. The third kappa shape index (κ3) is 3.39. The standard InChI is InChI=1S/C16H19N3O4/c1-3-16(4-2,9-13(20)21)18-14(22)11-10-17-12-7-5-6-8-19(12)15(11)23/h5-8,10H,3-4,9H2,1-2H3,(H,18,22)(H,20,21). The molecule has 0 radical (unpaired) electrons. The molecule has 0 bridgehead atoms. The van der Waals surface area contributed by atoms with E-state index in [9.17, 15) is 14.4 Å². The Kier molecular flexibility index (Phi) is 4.78. The normalized spacial score (nSPS) is 11.4. The maximum atomic E-state index is 12.5. The van der Waals surface area contributed by atoms with Crippen molar-refractivity contribution < 1.29 is 14.7 Å². The molecule has 0 spiro atoms. The molecule has 0 aromatic carbocycles. The molecule has 0 saturated carbocycles. The molecule has 1 amide bonds. The molecule has 2 rings (SSSR count). The highest BCUT2D eigenvalue weighted by molar-refractivity contribution is 5.94. The van der Waals surface area contributed by atoms with Crippen LogP contribution in [0.15, 0.2) is 35.4 Å². The zero-order chi connectivity index (χ0) is 17.0. The van der Waals surface area contributed by atoms with E-state index in [-0.39, 0.29) is 12.0 Å². The summed E-state index contributed by atoms with van der Waals surface area (Å²) in [5.41, 5.74) is -1.03. The first kappa shape index (κ1) is 16.7. The van der Waals surface area contributed by atoms with Gasteiger partial charge in [-0.05, 0) is 25.0 Å². The van der Waals surface area contributed by atoms with Crippen molar-refractivity contribution >= 4 is 17.5 Å². The number of carboxylic acid groups (broad SMARTS) is 1. The molecule has 0 fully saturated rings. The largest absolute Gasteiger partial charge is 0.481 e. The zero-order valence-corrected chi connectivity index (χ0v) is 13.1. The van der Waals surface area contributed by atoms with Crippen molar-refractivity contribution in [3.8, 4) is 0 Å². The SMILES string of the molecule is CCC(CC)(CC(=O)O)NC(=O)c1cnc2ccccn2c1=O. The van der Waals surface area contributed by atoms with Gasteiger partial charge in [0.15, 0.2) is 0 Å². The van der Waals surface area contributed by atoms with Gasteiger partial charge in [-0.2, -0.15) is 0 Å². The smallest absolute Gasteiger partial charge is 0.305 e. The number of hydrogen-bond acceptors (Lipinski definition) is 4. The summed E-state index contributed by atoms with van der Waals surface area (Å²) in [5, 5.41) is 11.8. The van der Waals surface area contributed by atoms with E-state index in [4.69, 9.17) is 5.11 Å². The highest BCUT2D eigenvalue weighted by Crippen LogP contribution is 2.20. The van der Waals surface area contributed by atoms with Crippen LogP contribution < -0.4 is 10.9 Å². The first-order valence-corrected chi connectivity index (χ1v) is 7.43. The average molecular weight is 317 g/mol. The van der Waals surface area contributed by atoms with Gasteiger partial charge in [-0.25, -0.2) is 4.98 Å². The number of pyridine rings is 1. The summed E-state index contributed by atoms with van der Waals surface area (Å²) in [7, 11) is 0. The molecule has 0 saturated heterocycles. The van der Waals surface area contributed by atoms with Gasteiger partial charge < -0.3 is 10.4 Å². The maximum absolute atomic E-state index is 12.5. The Morgan fingerprint density at radius 2 is 2.00 bits per heavy atom. The van der Waals surface area contributed by atoms with Crippen LogP contribution in [0.25, 0.3) is 5.65 Å². The molecule has 0 unspecified atom stereocenters. The number of aromatic nitrogens is 2. The first-order valence-electron chi connectivity index (χ1n) is 7.43. The second kappa shape index (κ2) is 6.60. The monoisotopic (exact) mass is 317 g/mol. The number of fused-ring (bicyclic) bond motifs is 1. The van der Waals surface area contributed by atoms with Crippen molar-refractivity contribution in [2.45, 2.75) is 38.6 Å². The van der Waals surface area contributed by atoms with Crippen LogP contribution in [0.2, 0.25) is 0 Å². The Labute approximate surface area is 133 Å². The van der Waals surface area contributed by atoms with Crippen molar-refractivity contribution in [1.29, 1.82) is 0 Å². The highest BCUT2D eigenvalue weighted by Gasteiger charge is 2.32. The summed E-state index contributed by atoms with van der Waals surface area (Å²) in [5.74, 6) is -1.60. The number of nitrogens with one attached hydrogen (secondary N) is 1. The number of carbonyl (C=O) groups excluding carboxylic acids is 1. The number of hydrogen-bond donors (Lipinski definition) is 2. The van der Waals surface area contributed by atoms with Crippen molar-refractivity contribution in [2.75, 3.05) is 0 Å². The predicted octanol–water partition coefficient (Wildman–Crippen LogP) is 1.46. The minimum Gasteiger partial charge on any atom is -0.481 e. The lowest BCUT2D eigenvalue weighted by atomic mass is 9.88. The number of carbonyl (C=O) groups is 2. The van der Waals surface area contributed by atoms with Crippen LogP contribution >= 0.6 is 0 Å². The van der Waals surface area contributed by atoms with Gasteiger partial charge in [0.05, 0.1) is 12.0 Å². The molecule has 0 aliphatic carbocycles. The van der Waals surface area contributed by atoms with E-state index in [2.05, 4.69) is 10.3 Å². The molecule has 2 N–H and O–H groups in total. The van der Waals surface area contributed by atoms with E-state index in [1.54, 1.807) is 32.0 Å². The molecule has 0 aliphatic heterocycles. The molecule has 2 aromatic rings. The molecule has 7 nitrogen and oxygen atoms in total. The van der Waals surface area contributed by atoms with Gasteiger partial charge >= 0.3 is 5.97 Å². The summed E-state index contributed by atoms with van der Waals surface area (Å²) in [6, 6.07) is 5.08. The van der Waals surface area contributed by atoms with Crippen molar-refractivity contribution in [1.82, 2.24) is 14.7 Å². The molecule has 2 heterocycles. The lowest BCUT2D eigenvalue weighted by molar-refractivity contribution is -0.138. The third-order valence-electron chi connectivity index (χ3n) is 4.08. The van der Waals surface area contributed by atoms with E-state index in [1.165, 1.54) is 16.8 Å². The number of nitrogens with zero attached hydrogens (tertiary/aromatic N) is 2. The first-order chi connectivity index (χ1) is 10.9. The van der Waals surface area contributed by atoms with E-state index in [1.807, 2.05) is 0 Å². The van der Waals surface area contributed by atoms with Crippen LogP contribution in [-0.2, 0) is 4.79 Å². The van der Waals surface area contributed by atoms with Crippen LogP contribution in [0.1, 0.15) is 43.5 Å². The number of aliphatic carboxylic acids is 1. The van der Waals surface area contributed by atoms with Gasteiger partial charge in [-0.1, -0.05) is 19.9 Å². The van der Waals surface area contributed by atoms with Crippen LogP contribution in [0, 0.1) is 0 Å². The summed E-state index contributed by atoms with van der Waals surface area (Å²) < 4.78 is 1.28. The number of carboxylic acids is 1. The van der Waals surface area contributed by atoms with Gasteiger partial charge in [0, 0.05) is 12.4 Å². The van der Waals surface area contributed by atoms with Crippen LogP contribution in [0.4, 0.5) is 0 Å². The lowest BCUT2D eigenvalue weighted by Crippen LogP contribution is -2.50. The Balaban J connectivity index is 2.38. The molecule has 23 heavy (non-hydrogen) atoms. The van der Waals surface area contributed by atoms with E-state index >= 15 is 0 Å². The van der Waals surface area contributed by atoms with Crippen LogP contribution in [0.5, 0.6) is 0 Å². The number of amides is 1. The third-order valence-corrected chi connectivity index (χ3v) is 4.08. The molecule has 122 valence electrons. The fourth-order valence-corrected chi connectivity index (χ4v) is 2.50. The molecule has 0 atom stereocenters. The van der Waals surface area contributed by atoms with Gasteiger partial charge in [0.25, 0.3) is 11.5 Å². The maximum Gasteiger partial charge on any atom is 0.305 e. The fraction of sp³-hybridized carbons (Fsp3) is 0.375. The van der Waals surface area contributed by atoms with Crippen molar-refractivity contribution in [3.05, 3.63) is 46.5 Å². The molecular weight excluding hydrogens is 298 g/mol. The molecule has 0 aliphatic rings. The van der Waals surface area contributed by atoms with Gasteiger partial charge in [0.2, 0.25) is 0 Å². The Morgan fingerprint density at radius 3 is 2.61 bits per heavy atom. The van der Waals surface area contributed by atoms with E-state index < -0.39 is 23.0 Å². The minimum atomic E-state index is -0.998. The van der Waals surface area contributed by atoms with Crippen LogP contribution in [0.3, 0.4) is 0 Å². The Hall–Kier alpha value is -2.70. The lowest BCUT2D eigenvalue weighted by Gasteiger charge is -2.31. The molecule has 7 heteroatoms. The quantitative estimate of drug-likeness (QED) is 0.840. The average Bonchev–Trinajstić information content (AvgIpc) is 2.54. The van der Waals surface area contributed by atoms with Crippen LogP contribution in [-0.4, -0.2) is 31.9 Å². The van der Waals surface area contributed by atoms with Gasteiger partial charge in [-0.15, -0.1) is 0 Å². The second-order valence-corrected chi connectivity index (χ2v) is 5.42. The van der Waals surface area contributed by atoms with Gasteiger partial charge in [-0.3, -0.25) is 18.8 Å². The predicted molar refractivity (Wildman–Crippen MR) is 84.5 cm³/mol. The summed E-state index contributed by atoms with van der Waals surface area (Å²) in [6.45, 7) is 3.61. The summed E-state index contributed by atoms with van der Waals surface area (Å²) in [6.07, 6.45) is 3.46. The topological polar surface area (TPSA) is 101 Å². The minimum absolute atomic E-state index is 0.106. The summed E-state index contributed by atoms with van der Waals surface area (Å²) in [4.78, 5) is 40.0. The Bertz CT molecular complexity index is 793. The number of rotatable bonds is 6. The van der Waals surface area contributed by atoms with E-state index in [0.29, 0.717) is 18.5 Å². The summed E-state index contributed by atoms with van der Waals surface area (Å²) >= 11 is 0. The van der Waals surface area contributed by atoms with Gasteiger partial charge in [0.1, 0.15) is 11.2 Å². The Morgan fingerprint density at radius 1 is 1.30 bits per heavy atom.